The molecule has 2 aromatic heterocycles. The molecule has 0 N–H and O–H groups in total. The summed E-state index contributed by atoms with van der Waals surface area (Å²) in [6.45, 7) is 0. The average molecular weight is 480 g/mol. The zero-order chi connectivity index (χ0) is 22.3. The van der Waals surface area contributed by atoms with Crippen LogP contribution in [0.3, 0.4) is 0 Å². The van der Waals surface area contributed by atoms with E-state index in [0.29, 0.717) is 32.6 Å². The van der Waals surface area contributed by atoms with Gasteiger partial charge in [-0.15, -0.1) is 0 Å². The van der Waals surface area contributed by atoms with Crippen LogP contribution in [0.1, 0.15) is 0 Å². The topological polar surface area (TPSA) is 64.3 Å². The van der Waals surface area contributed by atoms with Crippen molar-refractivity contribution in [2.75, 3.05) is 0 Å². The summed E-state index contributed by atoms with van der Waals surface area (Å²) in [5.74, 6) is 0. The number of hydrogen-bond donors (Lipinski definition) is 0. The first-order valence-corrected chi connectivity index (χ1v) is 11.9. The van der Waals surface area contributed by atoms with E-state index in [1.165, 1.54) is 6.20 Å². The zero-order valence-corrected chi connectivity index (χ0v) is 18.8. The van der Waals surface area contributed by atoms with E-state index in [9.17, 15) is 8.42 Å². The van der Waals surface area contributed by atoms with E-state index in [0.717, 1.165) is 5.56 Å². The number of hydrogen-bond acceptors (Lipinski definition) is 4. The summed E-state index contributed by atoms with van der Waals surface area (Å²) < 4.78 is 28.6. The van der Waals surface area contributed by atoms with Crippen molar-refractivity contribution in [1.29, 1.82) is 0 Å². The molecular weight excluding hydrogens is 465 g/mol. The molecule has 0 fully saturated rings. The number of nitrogens with zero attached hydrogens (tertiary/aromatic N) is 3. The van der Waals surface area contributed by atoms with Gasteiger partial charge in [0, 0.05) is 27.2 Å². The minimum Gasteiger partial charge on any atom is -0.236 e. The smallest absolute Gasteiger partial charge is 0.210 e. The predicted octanol–water partition coefficient (Wildman–Crippen LogP) is 6.20. The van der Waals surface area contributed by atoms with E-state index in [2.05, 4.69) is 4.98 Å². The molecular formula is C24H15Cl2N3O2S. The Hall–Kier alpha value is -3.19. The largest absolute Gasteiger partial charge is 0.236 e. The first kappa shape index (κ1) is 20.7. The predicted molar refractivity (Wildman–Crippen MR) is 126 cm³/mol. The van der Waals surface area contributed by atoms with Crippen LogP contribution in [0.15, 0.2) is 101 Å². The molecule has 0 atom stereocenters. The quantitative estimate of drug-likeness (QED) is 0.307. The lowest BCUT2D eigenvalue weighted by Crippen LogP contribution is -2.09. The third-order valence-electron chi connectivity index (χ3n) is 5.05. The lowest BCUT2D eigenvalue weighted by atomic mass is 10.1. The van der Waals surface area contributed by atoms with Gasteiger partial charge < -0.3 is 0 Å². The van der Waals surface area contributed by atoms with Crippen LogP contribution in [-0.4, -0.2) is 23.0 Å². The Kier molecular flexibility index (Phi) is 5.21. The van der Waals surface area contributed by atoms with E-state index in [-0.39, 0.29) is 9.79 Å². The van der Waals surface area contributed by atoms with E-state index in [4.69, 9.17) is 28.3 Å². The Bertz CT molecular complexity index is 1530. The average Bonchev–Trinajstić information content (AvgIpc) is 3.24. The van der Waals surface area contributed by atoms with Crippen LogP contribution in [0, 0.1) is 0 Å². The first-order chi connectivity index (χ1) is 15.4. The van der Waals surface area contributed by atoms with Crippen molar-refractivity contribution < 1.29 is 8.42 Å². The van der Waals surface area contributed by atoms with Gasteiger partial charge in [0.05, 0.1) is 22.5 Å². The van der Waals surface area contributed by atoms with Crippen LogP contribution in [0.4, 0.5) is 0 Å². The molecule has 158 valence electrons. The fourth-order valence-corrected chi connectivity index (χ4v) is 5.15. The minimum absolute atomic E-state index is 0.0595. The summed E-state index contributed by atoms with van der Waals surface area (Å²) in [4.78, 5) is 4.65. The summed E-state index contributed by atoms with van der Waals surface area (Å²) in [6, 6.07) is 24.3. The van der Waals surface area contributed by atoms with Crippen LogP contribution < -0.4 is 0 Å². The van der Waals surface area contributed by atoms with Gasteiger partial charge in [0.15, 0.2) is 5.65 Å². The molecule has 0 bridgehead atoms. The fourth-order valence-electron chi connectivity index (χ4n) is 3.48. The van der Waals surface area contributed by atoms with Crippen LogP contribution in [0.25, 0.3) is 28.2 Å². The molecule has 5 rings (SSSR count). The molecule has 0 spiro atoms. The number of rotatable bonds is 4. The summed E-state index contributed by atoms with van der Waals surface area (Å²) in [5, 5.41) is 5.86. The van der Waals surface area contributed by atoms with Gasteiger partial charge in [-0.1, -0.05) is 65.7 Å². The molecule has 0 aliphatic carbocycles. The molecule has 0 aliphatic rings. The summed E-state index contributed by atoms with van der Waals surface area (Å²) >= 11 is 12.1. The highest BCUT2D eigenvalue weighted by Crippen LogP contribution is 2.33. The van der Waals surface area contributed by atoms with Gasteiger partial charge in [0.25, 0.3) is 0 Å². The number of fused-ring (bicyclic) bond motifs is 1. The second-order valence-electron chi connectivity index (χ2n) is 7.10. The summed E-state index contributed by atoms with van der Waals surface area (Å²) in [6.07, 6.45) is 1.38. The molecule has 0 saturated carbocycles. The second kappa shape index (κ2) is 8.06. The second-order valence-corrected chi connectivity index (χ2v) is 9.89. The Morgan fingerprint density at radius 2 is 1.34 bits per heavy atom. The monoisotopic (exact) mass is 479 g/mol. The van der Waals surface area contributed by atoms with Crippen molar-refractivity contribution >= 4 is 38.7 Å². The van der Waals surface area contributed by atoms with Gasteiger partial charge in [-0.25, -0.2) is 17.9 Å². The molecule has 2 heterocycles. The highest BCUT2D eigenvalue weighted by molar-refractivity contribution is 7.91. The number of sulfone groups is 1. The normalized spacial score (nSPS) is 11.7. The molecule has 8 heteroatoms. The van der Waals surface area contributed by atoms with Crippen LogP contribution >= 0.6 is 23.2 Å². The van der Waals surface area contributed by atoms with Crippen molar-refractivity contribution in [2.45, 2.75) is 9.79 Å². The van der Waals surface area contributed by atoms with Gasteiger partial charge in [-0.05, 0) is 36.4 Å². The molecule has 0 saturated heterocycles. The highest BCUT2D eigenvalue weighted by Gasteiger charge is 2.26. The lowest BCUT2D eigenvalue weighted by molar-refractivity contribution is 0.595. The number of halogens is 2. The molecule has 0 radical (unpaired) electrons. The van der Waals surface area contributed by atoms with Gasteiger partial charge in [-0.2, -0.15) is 5.10 Å². The van der Waals surface area contributed by atoms with Crippen LogP contribution in [0.2, 0.25) is 10.0 Å². The molecule has 5 nitrogen and oxygen atoms in total. The van der Waals surface area contributed by atoms with Crippen molar-refractivity contribution in [3.05, 3.63) is 101 Å². The van der Waals surface area contributed by atoms with Crippen molar-refractivity contribution in [3.63, 3.8) is 0 Å². The summed E-state index contributed by atoms with van der Waals surface area (Å²) in [5.41, 5.74) is 3.08. The number of benzene rings is 3. The maximum atomic E-state index is 13.5. The molecule has 5 aromatic rings. The minimum atomic E-state index is -3.85. The van der Waals surface area contributed by atoms with Crippen molar-refractivity contribution in [2.24, 2.45) is 0 Å². The summed E-state index contributed by atoms with van der Waals surface area (Å²) in [7, 11) is -3.85. The number of aromatic nitrogens is 3. The van der Waals surface area contributed by atoms with Crippen molar-refractivity contribution in [3.8, 4) is 22.5 Å². The van der Waals surface area contributed by atoms with Gasteiger partial charge in [0.1, 0.15) is 4.90 Å². The van der Waals surface area contributed by atoms with E-state index in [1.807, 2.05) is 18.2 Å². The lowest BCUT2D eigenvalue weighted by Gasteiger charge is -2.12. The van der Waals surface area contributed by atoms with Gasteiger partial charge >= 0.3 is 0 Å². The third kappa shape index (κ3) is 3.66. The maximum Gasteiger partial charge on any atom is 0.210 e. The molecule has 32 heavy (non-hydrogen) atoms. The van der Waals surface area contributed by atoms with Gasteiger partial charge in [-0.3, -0.25) is 0 Å². The zero-order valence-electron chi connectivity index (χ0n) is 16.5. The van der Waals surface area contributed by atoms with Crippen LogP contribution in [0.5, 0.6) is 0 Å². The van der Waals surface area contributed by atoms with Crippen LogP contribution in [-0.2, 0) is 9.84 Å². The Labute approximate surface area is 194 Å². The van der Waals surface area contributed by atoms with E-state index < -0.39 is 9.84 Å². The standard InChI is InChI=1S/C24H15Cl2N3O2S/c25-18-10-6-16(7-11-18)21-14-23-27-15-22(32(30,31)20-4-2-1-3-5-20)24(29(23)28-21)17-8-12-19(26)13-9-17/h1-15H. The SMILES string of the molecule is O=S(=O)(c1ccccc1)c1cnc2cc(-c3ccc(Cl)cc3)nn2c1-c1ccc(Cl)cc1. The highest BCUT2D eigenvalue weighted by atomic mass is 35.5. The fraction of sp³-hybridized carbons (Fsp3) is 0. The molecule has 0 aliphatic heterocycles. The molecule has 0 amide bonds. The Morgan fingerprint density at radius 3 is 1.97 bits per heavy atom. The van der Waals surface area contributed by atoms with E-state index in [1.54, 1.807) is 71.2 Å². The van der Waals surface area contributed by atoms with Crippen molar-refractivity contribution in [1.82, 2.24) is 14.6 Å². The first-order valence-electron chi connectivity index (χ1n) is 9.64. The Balaban J connectivity index is 1.80. The van der Waals surface area contributed by atoms with Gasteiger partial charge in [0.2, 0.25) is 9.84 Å². The Morgan fingerprint density at radius 1 is 0.750 bits per heavy atom. The molecule has 3 aromatic carbocycles. The van der Waals surface area contributed by atoms with E-state index >= 15 is 0 Å². The third-order valence-corrected chi connectivity index (χ3v) is 7.33. The molecule has 0 unspecified atom stereocenters. The maximum absolute atomic E-state index is 13.5.